The Morgan fingerprint density at radius 1 is 1.27 bits per heavy atom. The highest BCUT2D eigenvalue weighted by molar-refractivity contribution is 9.09. The fraction of sp³-hybridized carbons (Fsp3) is 0.917. The predicted molar refractivity (Wildman–Crippen MR) is 61.0 cm³/mol. The summed E-state index contributed by atoms with van der Waals surface area (Å²) < 4.78 is 0. The van der Waals surface area contributed by atoms with Crippen molar-refractivity contribution in [2.75, 3.05) is 5.33 Å². The van der Waals surface area contributed by atoms with Crippen molar-refractivity contribution in [2.45, 2.75) is 38.5 Å². The van der Waals surface area contributed by atoms with E-state index in [2.05, 4.69) is 15.9 Å². The molecular weight excluding hydrogens is 256 g/mol. The molecular formula is C12H17BrO2. The number of hydrogen-bond acceptors (Lipinski definition) is 1. The van der Waals surface area contributed by atoms with Gasteiger partial charge in [0.05, 0.1) is 5.41 Å². The molecule has 4 bridgehead atoms. The van der Waals surface area contributed by atoms with Gasteiger partial charge < -0.3 is 5.11 Å². The van der Waals surface area contributed by atoms with E-state index in [-0.39, 0.29) is 5.41 Å². The molecule has 0 amide bonds. The molecule has 4 aliphatic carbocycles. The highest BCUT2D eigenvalue weighted by Crippen LogP contribution is 2.65. The van der Waals surface area contributed by atoms with E-state index >= 15 is 0 Å². The van der Waals surface area contributed by atoms with E-state index in [4.69, 9.17) is 0 Å². The number of aliphatic carboxylic acids is 1. The van der Waals surface area contributed by atoms with E-state index in [0.717, 1.165) is 24.6 Å². The van der Waals surface area contributed by atoms with Gasteiger partial charge in [-0.15, -0.1) is 0 Å². The average Bonchev–Trinajstić information content (AvgIpc) is 2.15. The number of carboxylic acids is 1. The van der Waals surface area contributed by atoms with Crippen molar-refractivity contribution in [2.24, 2.45) is 22.7 Å². The van der Waals surface area contributed by atoms with Crippen LogP contribution in [0.2, 0.25) is 0 Å². The van der Waals surface area contributed by atoms with Crippen LogP contribution in [0.1, 0.15) is 38.5 Å². The third-order valence-corrected chi connectivity index (χ3v) is 6.11. The minimum Gasteiger partial charge on any atom is -0.481 e. The number of carbonyl (C=O) groups is 1. The van der Waals surface area contributed by atoms with E-state index in [1.165, 1.54) is 19.3 Å². The lowest BCUT2D eigenvalue weighted by Crippen LogP contribution is -2.55. The molecule has 0 radical (unpaired) electrons. The van der Waals surface area contributed by atoms with E-state index in [0.29, 0.717) is 17.3 Å². The van der Waals surface area contributed by atoms with Gasteiger partial charge in [0, 0.05) is 5.33 Å². The van der Waals surface area contributed by atoms with Crippen LogP contribution in [0.25, 0.3) is 0 Å². The number of carboxylic acid groups (broad SMARTS) is 1. The molecule has 0 aromatic heterocycles. The summed E-state index contributed by atoms with van der Waals surface area (Å²) in [6.45, 7) is 0. The van der Waals surface area contributed by atoms with Crippen molar-refractivity contribution in [1.29, 1.82) is 0 Å². The lowest BCUT2D eigenvalue weighted by Gasteiger charge is -2.60. The van der Waals surface area contributed by atoms with Gasteiger partial charge in [-0.2, -0.15) is 0 Å². The maximum absolute atomic E-state index is 11.5. The lowest BCUT2D eigenvalue weighted by atomic mass is 9.44. The summed E-state index contributed by atoms with van der Waals surface area (Å²) in [5.74, 6) is 0.863. The number of alkyl halides is 1. The van der Waals surface area contributed by atoms with Gasteiger partial charge in [-0.3, -0.25) is 4.79 Å². The van der Waals surface area contributed by atoms with Crippen LogP contribution in [0.5, 0.6) is 0 Å². The van der Waals surface area contributed by atoms with Crippen molar-refractivity contribution in [1.82, 2.24) is 0 Å². The van der Waals surface area contributed by atoms with Crippen molar-refractivity contribution in [3.63, 3.8) is 0 Å². The number of hydrogen-bond donors (Lipinski definition) is 1. The Bertz CT molecular complexity index is 299. The molecule has 3 heteroatoms. The predicted octanol–water partition coefficient (Wildman–Crippen LogP) is 3.05. The maximum Gasteiger partial charge on any atom is 0.309 e. The first-order valence-electron chi connectivity index (χ1n) is 5.87. The summed E-state index contributed by atoms with van der Waals surface area (Å²) in [6, 6.07) is 0. The fourth-order valence-corrected chi connectivity index (χ4v) is 5.51. The van der Waals surface area contributed by atoms with E-state index in [9.17, 15) is 9.90 Å². The Morgan fingerprint density at radius 3 is 2.33 bits per heavy atom. The van der Waals surface area contributed by atoms with Gasteiger partial charge in [0.1, 0.15) is 0 Å². The fourth-order valence-electron chi connectivity index (χ4n) is 4.86. The van der Waals surface area contributed by atoms with E-state index in [1.54, 1.807) is 0 Å². The Kier molecular flexibility index (Phi) is 2.02. The molecule has 0 aliphatic heterocycles. The normalized spacial score (nSPS) is 52.1. The van der Waals surface area contributed by atoms with Crippen LogP contribution in [0.3, 0.4) is 0 Å². The largest absolute Gasteiger partial charge is 0.481 e. The number of rotatable bonds is 2. The molecule has 0 aromatic rings. The second-order valence-electron chi connectivity index (χ2n) is 6.18. The third kappa shape index (κ3) is 1.31. The zero-order valence-corrected chi connectivity index (χ0v) is 10.4. The van der Waals surface area contributed by atoms with Crippen LogP contribution >= 0.6 is 15.9 Å². The Morgan fingerprint density at radius 2 is 1.87 bits per heavy atom. The zero-order valence-electron chi connectivity index (χ0n) is 8.84. The summed E-state index contributed by atoms with van der Waals surface area (Å²) >= 11 is 3.62. The van der Waals surface area contributed by atoms with Gasteiger partial charge in [-0.1, -0.05) is 15.9 Å². The van der Waals surface area contributed by atoms with E-state index in [1.807, 2.05) is 0 Å². The molecule has 4 fully saturated rings. The molecule has 4 rings (SSSR count). The summed E-state index contributed by atoms with van der Waals surface area (Å²) in [5.41, 5.74) is -0.0275. The number of halogens is 1. The molecule has 2 nitrogen and oxygen atoms in total. The maximum atomic E-state index is 11.5. The molecule has 1 N–H and O–H groups in total. The van der Waals surface area contributed by atoms with Crippen LogP contribution in [0.15, 0.2) is 0 Å². The zero-order chi connectivity index (χ0) is 10.7. The van der Waals surface area contributed by atoms with Crippen molar-refractivity contribution in [3.8, 4) is 0 Å². The van der Waals surface area contributed by atoms with Crippen molar-refractivity contribution >= 4 is 21.9 Å². The summed E-state index contributed by atoms with van der Waals surface area (Å²) in [6.07, 6.45) is 6.66. The monoisotopic (exact) mass is 272 g/mol. The molecule has 0 spiro atoms. The van der Waals surface area contributed by atoms with Crippen LogP contribution in [-0.4, -0.2) is 16.4 Å². The molecule has 0 heterocycles. The van der Waals surface area contributed by atoms with Crippen LogP contribution in [-0.2, 0) is 4.79 Å². The molecule has 0 saturated heterocycles. The Hall–Kier alpha value is -0.0500. The van der Waals surface area contributed by atoms with Gasteiger partial charge in [0.2, 0.25) is 0 Å². The highest BCUT2D eigenvalue weighted by Gasteiger charge is 2.60. The standard InChI is InChI=1S/C12H17BrO2/c13-7-11-2-8-1-9(3-11)5-12(4-8,6-11)10(14)15/h8-9H,1-7H2,(H,14,15)/t8-,9-,11?,12?/m1/s1. The molecule has 4 saturated carbocycles. The molecule has 15 heavy (non-hydrogen) atoms. The average molecular weight is 273 g/mol. The first-order valence-corrected chi connectivity index (χ1v) is 6.99. The van der Waals surface area contributed by atoms with Gasteiger partial charge >= 0.3 is 5.97 Å². The molecule has 2 atom stereocenters. The van der Waals surface area contributed by atoms with Gasteiger partial charge in [0.15, 0.2) is 0 Å². The van der Waals surface area contributed by atoms with Crippen LogP contribution < -0.4 is 0 Å². The molecule has 4 aliphatic rings. The van der Waals surface area contributed by atoms with Gasteiger partial charge in [-0.05, 0) is 55.8 Å². The Balaban J connectivity index is 1.99. The topological polar surface area (TPSA) is 37.3 Å². The molecule has 84 valence electrons. The molecule has 0 aromatic carbocycles. The first kappa shape index (κ1) is 10.1. The quantitative estimate of drug-likeness (QED) is 0.785. The van der Waals surface area contributed by atoms with Gasteiger partial charge in [0.25, 0.3) is 0 Å². The van der Waals surface area contributed by atoms with Crippen molar-refractivity contribution < 1.29 is 9.90 Å². The molecule has 0 unspecified atom stereocenters. The Labute approximate surface area is 98.6 Å². The lowest BCUT2D eigenvalue weighted by molar-refractivity contribution is -0.172. The minimum absolute atomic E-state index is 0.322. The van der Waals surface area contributed by atoms with Gasteiger partial charge in [-0.25, -0.2) is 0 Å². The third-order valence-electron chi connectivity index (χ3n) is 4.92. The second kappa shape index (κ2) is 2.99. The first-order chi connectivity index (χ1) is 7.07. The minimum atomic E-state index is -0.526. The summed E-state index contributed by atoms with van der Waals surface area (Å²) in [7, 11) is 0. The summed E-state index contributed by atoms with van der Waals surface area (Å²) in [4.78, 5) is 11.5. The van der Waals surface area contributed by atoms with E-state index < -0.39 is 5.97 Å². The van der Waals surface area contributed by atoms with Crippen molar-refractivity contribution in [3.05, 3.63) is 0 Å². The van der Waals surface area contributed by atoms with Crippen LogP contribution in [0.4, 0.5) is 0 Å². The highest BCUT2D eigenvalue weighted by atomic mass is 79.9. The summed E-state index contributed by atoms with van der Waals surface area (Å²) in [5, 5.41) is 10.5. The smallest absolute Gasteiger partial charge is 0.309 e. The SMILES string of the molecule is O=C(O)C12C[C@@H]3C[C@H](CC(CBr)(C3)C1)C2. The van der Waals surface area contributed by atoms with Crippen LogP contribution in [0, 0.1) is 22.7 Å². The second-order valence-corrected chi connectivity index (χ2v) is 6.74.